The molecule has 0 radical (unpaired) electrons. The van der Waals surface area contributed by atoms with E-state index in [4.69, 9.17) is 10.5 Å². The van der Waals surface area contributed by atoms with Crippen molar-refractivity contribution in [1.82, 2.24) is 0 Å². The number of hydrogen-bond donors (Lipinski definition) is 2. The fourth-order valence-corrected chi connectivity index (χ4v) is 1.56. The van der Waals surface area contributed by atoms with Gasteiger partial charge in [0, 0.05) is 5.56 Å². The third-order valence-corrected chi connectivity index (χ3v) is 2.54. The number of phenols is 1. The minimum absolute atomic E-state index is 0.0452. The lowest BCUT2D eigenvalue weighted by molar-refractivity contribution is 0.115. The van der Waals surface area contributed by atoms with Crippen molar-refractivity contribution < 1.29 is 18.6 Å². The normalized spacial score (nSPS) is 12.9. The van der Waals surface area contributed by atoms with E-state index in [1.54, 1.807) is 0 Å². The van der Waals surface area contributed by atoms with Crippen LogP contribution < -0.4 is 10.5 Å². The number of nitrogens with two attached hydrogens (primary N) is 1. The smallest absolute Gasteiger partial charge is 0.257 e. The lowest BCUT2D eigenvalue weighted by atomic mass is 10.1. The molecule has 0 fully saturated rings. The van der Waals surface area contributed by atoms with Crippen molar-refractivity contribution in [3.05, 3.63) is 22.2 Å². The van der Waals surface area contributed by atoms with Gasteiger partial charge in [-0.15, -0.1) is 0 Å². The van der Waals surface area contributed by atoms with E-state index in [1.807, 2.05) is 0 Å². The minimum atomic E-state index is -2.74. The van der Waals surface area contributed by atoms with E-state index in [1.165, 1.54) is 19.2 Å². The molecule has 0 saturated carbocycles. The van der Waals surface area contributed by atoms with Crippen molar-refractivity contribution in [3.8, 4) is 11.5 Å². The number of ether oxygens (including phenoxy) is 1. The van der Waals surface area contributed by atoms with Crippen LogP contribution in [0.15, 0.2) is 16.6 Å². The molecule has 0 saturated heterocycles. The highest BCUT2D eigenvalue weighted by Crippen LogP contribution is 2.36. The maximum absolute atomic E-state index is 12.4. The summed E-state index contributed by atoms with van der Waals surface area (Å²) in [5, 5.41) is 9.52. The molecule has 0 spiro atoms. The number of hydrogen-bond acceptors (Lipinski definition) is 3. The predicted octanol–water partition coefficient (Wildman–Crippen LogP) is 2.43. The van der Waals surface area contributed by atoms with Crippen LogP contribution >= 0.6 is 15.9 Å². The van der Waals surface area contributed by atoms with Gasteiger partial charge >= 0.3 is 0 Å². The second kappa shape index (κ2) is 4.76. The van der Waals surface area contributed by atoms with Gasteiger partial charge in [-0.2, -0.15) is 0 Å². The van der Waals surface area contributed by atoms with Gasteiger partial charge in [-0.3, -0.25) is 0 Å². The average Bonchev–Trinajstić information content (AvgIpc) is 2.20. The van der Waals surface area contributed by atoms with E-state index >= 15 is 0 Å². The van der Waals surface area contributed by atoms with Crippen LogP contribution in [0.2, 0.25) is 0 Å². The molecular formula is C9H10BrF2NO2. The molecule has 0 unspecified atom stereocenters. The first-order valence-corrected chi connectivity index (χ1v) is 4.86. The Morgan fingerprint density at radius 3 is 2.53 bits per heavy atom. The third kappa shape index (κ3) is 2.57. The van der Waals surface area contributed by atoms with Crippen LogP contribution in [-0.4, -0.2) is 18.6 Å². The summed E-state index contributed by atoms with van der Waals surface area (Å²) in [6.07, 6.45) is -2.74. The lowest BCUT2D eigenvalue weighted by Crippen LogP contribution is -2.19. The number of halogens is 3. The van der Waals surface area contributed by atoms with Gasteiger partial charge in [0.05, 0.1) is 17.6 Å². The Labute approximate surface area is 94.0 Å². The van der Waals surface area contributed by atoms with Crippen molar-refractivity contribution in [1.29, 1.82) is 0 Å². The van der Waals surface area contributed by atoms with Crippen LogP contribution in [0.25, 0.3) is 0 Å². The molecule has 15 heavy (non-hydrogen) atoms. The Morgan fingerprint density at radius 1 is 1.47 bits per heavy atom. The second-order valence-electron chi connectivity index (χ2n) is 2.91. The van der Waals surface area contributed by atoms with Gasteiger partial charge in [0.15, 0.2) is 0 Å². The first-order chi connectivity index (χ1) is 6.97. The van der Waals surface area contributed by atoms with Crippen molar-refractivity contribution in [2.45, 2.75) is 12.5 Å². The van der Waals surface area contributed by atoms with E-state index in [9.17, 15) is 13.9 Å². The zero-order chi connectivity index (χ0) is 11.6. The van der Waals surface area contributed by atoms with Crippen LogP contribution in [0, 0.1) is 0 Å². The Kier molecular flexibility index (Phi) is 3.87. The number of aromatic hydroxyl groups is 1. The van der Waals surface area contributed by atoms with Crippen LogP contribution in [0.1, 0.15) is 11.6 Å². The zero-order valence-corrected chi connectivity index (χ0v) is 9.46. The number of benzene rings is 1. The van der Waals surface area contributed by atoms with Gasteiger partial charge in [0.25, 0.3) is 6.43 Å². The van der Waals surface area contributed by atoms with Crippen molar-refractivity contribution >= 4 is 15.9 Å². The van der Waals surface area contributed by atoms with Gasteiger partial charge in [-0.25, -0.2) is 8.78 Å². The van der Waals surface area contributed by atoms with E-state index in [0.29, 0.717) is 5.75 Å². The van der Waals surface area contributed by atoms with Gasteiger partial charge in [-0.05, 0) is 28.1 Å². The molecule has 0 amide bonds. The zero-order valence-electron chi connectivity index (χ0n) is 7.88. The molecule has 1 aromatic rings. The highest BCUT2D eigenvalue weighted by atomic mass is 79.9. The van der Waals surface area contributed by atoms with Gasteiger partial charge in [0.2, 0.25) is 0 Å². The van der Waals surface area contributed by atoms with Crippen molar-refractivity contribution in [2.24, 2.45) is 5.73 Å². The Hall–Kier alpha value is -0.880. The fraction of sp³-hybridized carbons (Fsp3) is 0.333. The van der Waals surface area contributed by atoms with Crippen LogP contribution in [-0.2, 0) is 0 Å². The molecule has 0 heterocycles. The summed E-state index contributed by atoms with van der Waals surface area (Å²) in [6, 6.07) is 1.23. The molecule has 0 aliphatic heterocycles. The monoisotopic (exact) mass is 281 g/mol. The van der Waals surface area contributed by atoms with Crippen LogP contribution in [0.5, 0.6) is 11.5 Å². The topological polar surface area (TPSA) is 55.5 Å². The molecular weight excluding hydrogens is 272 g/mol. The molecule has 84 valence electrons. The lowest BCUT2D eigenvalue weighted by Gasteiger charge is -2.14. The predicted molar refractivity (Wildman–Crippen MR) is 55.3 cm³/mol. The Balaban J connectivity index is 3.21. The van der Waals surface area contributed by atoms with E-state index in [-0.39, 0.29) is 15.8 Å². The molecule has 0 aliphatic rings. The highest BCUT2D eigenvalue weighted by molar-refractivity contribution is 9.10. The number of rotatable bonds is 3. The van der Waals surface area contributed by atoms with Gasteiger partial charge < -0.3 is 15.6 Å². The summed E-state index contributed by atoms with van der Waals surface area (Å²) < 4.78 is 29.9. The van der Waals surface area contributed by atoms with E-state index < -0.39 is 12.5 Å². The van der Waals surface area contributed by atoms with E-state index in [2.05, 4.69) is 15.9 Å². The maximum atomic E-state index is 12.4. The molecule has 3 N–H and O–H groups in total. The van der Waals surface area contributed by atoms with Gasteiger partial charge in [0.1, 0.15) is 11.5 Å². The first kappa shape index (κ1) is 12.2. The Morgan fingerprint density at radius 2 is 2.07 bits per heavy atom. The van der Waals surface area contributed by atoms with Gasteiger partial charge in [-0.1, -0.05) is 0 Å². The largest absolute Gasteiger partial charge is 0.506 e. The molecule has 0 bridgehead atoms. The van der Waals surface area contributed by atoms with Crippen LogP contribution in [0.4, 0.5) is 8.78 Å². The first-order valence-electron chi connectivity index (χ1n) is 4.07. The molecule has 1 atom stereocenters. The van der Waals surface area contributed by atoms with Crippen molar-refractivity contribution in [3.63, 3.8) is 0 Å². The SMILES string of the molecule is COc1cc(Br)c(O)c([C@@H](N)C(F)F)c1. The number of phenolic OH excluding ortho intramolecular Hbond substituents is 1. The second-order valence-corrected chi connectivity index (χ2v) is 3.76. The molecule has 1 aromatic carbocycles. The fourth-order valence-electron chi connectivity index (χ4n) is 1.10. The summed E-state index contributed by atoms with van der Waals surface area (Å²) >= 11 is 3.02. The van der Waals surface area contributed by atoms with Crippen molar-refractivity contribution in [2.75, 3.05) is 7.11 Å². The Bertz CT molecular complexity index is 360. The molecule has 1 rings (SSSR count). The number of methoxy groups -OCH3 is 1. The standard InChI is InChI=1S/C9H10BrF2NO2/c1-15-4-2-5(7(13)9(11)12)8(14)6(10)3-4/h2-3,7,9,14H,13H2,1H3/t7-/m1/s1. The molecule has 3 nitrogen and oxygen atoms in total. The molecule has 0 aromatic heterocycles. The molecule has 6 heteroatoms. The van der Waals surface area contributed by atoms with E-state index in [0.717, 1.165) is 0 Å². The summed E-state index contributed by atoms with van der Waals surface area (Å²) in [6.45, 7) is 0. The highest BCUT2D eigenvalue weighted by Gasteiger charge is 2.22. The summed E-state index contributed by atoms with van der Waals surface area (Å²) in [5.74, 6) is 0.0642. The maximum Gasteiger partial charge on any atom is 0.257 e. The van der Waals surface area contributed by atoms with Crippen LogP contribution in [0.3, 0.4) is 0 Å². The number of alkyl halides is 2. The summed E-state index contributed by atoms with van der Waals surface area (Å²) in [4.78, 5) is 0. The average molecular weight is 282 g/mol. The molecule has 0 aliphatic carbocycles. The minimum Gasteiger partial charge on any atom is -0.506 e. The summed E-state index contributed by atoms with van der Waals surface area (Å²) in [7, 11) is 1.40. The summed E-state index contributed by atoms with van der Waals surface area (Å²) in [5.41, 5.74) is 5.20. The third-order valence-electron chi connectivity index (χ3n) is 1.93. The quantitative estimate of drug-likeness (QED) is 0.895.